The zero-order valence-electron chi connectivity index (χ0n) is 10.9. The van der Waals surface area contributed by atoms with Gasteiger partial charge in [-0.3, -0.25) is 14.4 Å². The van der Waals surface area contributed by atoms with E-state index in [9.17, 15) is 14.4 Å². The highest BCUT2D eigenvalue weighted by molar-refractivity contribution is 6.39. The van der Waals surface area contributed by atoms with Crippen molar-refractivity contribution in [2.75, 3.05) is 18.4 Å². The topological polar surface area (TPSA) is 86.7 Å². The normalized spacial score (nSPS) is 9.40. The quantitative estimate of drug-likeness (QED) is 0.617. The summed E-state index contributed by atoms with van der Waals surface area (Å²) in [5.41, 5.74) is 1.46. The largest absolute Gasteiger partial charge is 0.480 e. The number of nitrogens with zero attached hydrogens (tertiary/aromatic N) is 1. The second-order valence-corrected chi connectivity index (χ2v) is 4.08. The molecule has 2 N–H and O–H groups in total. The highest BCUT2D eigenvalue weighted by atomic mass is 16.4. The maximum atomic E-state index is 11.8. The number of carbonyl (C=O) groups excluding carboxylic acids is 2. The van der Waals surface area contributed by atoms with Crippen LogP contribution < -0.4 is 5.32 Å². The van der Waals surface area contributed by atoms with Gasteiger partial charge in [0.15, 0.2) is 0 Å². The predicted octanol–water partition coefficient (Wildman–Crippen LogP) is 0.480. The maximum absolute atomic E-state index is 11.8. The number of amides is 2. The number of hydrogen-bond acceptors (Lipinski definition) is 3. The fourth-order valence-corrected chi connectivity index (χ4v) is 1.44. The second kappa shape index (κ2) is 6.95. The SMILES string of the molecule is C#CCN(CC(=O)O)C(=O)C(=O)Nc1ccc(C)cc1. The van der Waals surface area contributed by atoms with E-state index in [1.54, 1.807) is 24.3 Å². The molecule has 1 rings (SSSR count). The number of terminal acetylenes is 1. The molecule has 2 amide bonds. The summed E-state index contributed by atoms with van der Waals surface area (Å²) in [6.07, 6.45) is 5.04. The van der Waals surface area contributed by atoms with Crippen molar-refractivity contribution in [3.63, 3.8) is 0 Å². The van der Waals surface area contributed by atoms with Gasteiger partial charge in [-0.05, 0) is 19.1 Å². The van der Waals surface area contributed by atoms with Gasteiger partial charge in [-0.1, -0.05) is 23.6 Å². The molecule has 0 aromatic heterocycles. The minimum absolute atomic E-state index is 0.244. The fraction of sp³-hybridized carbons (Fsp3) is 0.214. The summed E-state index contributed by atoms with van der Waals surface area (Å²) in [5.74, 6) is -1.00. The summed E-state index contributed by atoms with van der Waals surface area (Å²) in [5, 5.41) is 11.1. The number of carbonyl (C=O) groups is 3. The number of anilines is 1. The van der Waals surface area contributed by atoms with Crippen LogP contribution in [0, 0.1) is 19.3 Å². The summed E-state index contributed by atoms with van der Waals surface area (Å²) in [7, 11) is 0. The molecule has 6 nitrogen and oxygen atoms in total. The highest BCUT2D eigenvalue weighted by Crippen LogP contribution is 2.08. The van der Waals surface area contributed by atoms with Crippen LogP contribution in [-0.4, -0.2) is 40.9 Å². The van der Waals surface area contributed by atoms with Crippen LogP contribution in [0.2, 0.25) is 0 Å². The standard InChI is InChI=1S/C14H14N2O4/c1-3-8-16(9-12(17)18)14(20)13(19)15-11-6-4-10(2)5-7-11/h1,4-7H,8-9H2,2H3,(H,15,19)(H,17,18). The van der Waals surface area contributed by atoms with Gasteiger partial charge in [0.05, 0.1) is 6.54 Å². The minimum Gasteiger partial charge on any atom is -0.480 e. The number of aliphatic carboxylic acids is 1. The average molecular weight is 274 g/mol. The molecule has 0 bridgehead atoms. The molecule has 0 aliphatic rings. The molecule has 0 atom stereocenters. The molecule has 0 saturated carbocycles. The van der Waals surface area contributed by atoms with Gasteiger partial charge in [-0.25, -0.2) is 0 Å². The molecule has 0 spiro atoms. The van der Waals surface area contributed by atoms with E-state index < -0.39 is 24.3 Å². The van der Waals surface area contributed by atoms with Crippen molar-refractivity contribution in [2.24, 2.45) is 0 Å². The van der Waals surface area contributed by atoms with Gasteiger partial charge in [0.1, 0.15) is 6.54 Å². The summed E-state index contributed by atoms with van der Waals surface area (Å²) in [6.45, 7) is 1.02. The van der Waals surface area contributed by atoms with Gasteiger partial charge in [0.2, 0.25) is 0 Å². The number of carboxylic acids is 1. The zero-order chi connectivity index (χ0) is 15.1. The Morgan fingerprint density at radius 1 is 1.30 bits per heavy atom. The predicted molar refractivity (Wildman–Crippen MR) is 72.9 cm³/mol. The molecule has 0 aliphatic heterocycles. The molecule has 0 fully saturated rings. The second-order valence-electron chi connectivity index (χ2n) is 4.08. The van der Waals surface area contributed by atoms with E-state index >= 15 is 0 Å². The Morgan fingerprint density at radius 3 is 2.40 bits per heavy atom. The maximum Gasteiger partial charge on any atom is 0.323 e. The number of hydrogen-bond donors (Lipinski definition) is 2. The molecular formula is C14H14N2O4. The molecule has 0 radical (unpaired) electrons. The van der Waals surface area contributed by atoms with E-state index in [0.29, 0.717) is 5.69 Å². The number of carboxylic acid groups (broad SMARTS) is 1. The van der Waals surface area contributed by atoms with E-state index in [1.807, 2.05) is 6.92 Å². The van der Waals surface area contributed by atoms with Crippen molar-refractivity contribution in [1.82, 2.24) is 4.90 Å². The van der Waals surface area contributed by atoms with Crippen LogP contribution in [0.3, 0.4) is 0 Å². The van der Waals surface area contributed by atoms with Crippen molar-refractivity contribution in [1.29, 1.82) is 0 Å². The minimum atomic E-state index is -1.24. The fourth-order valence-electron chi connectivity index (χ4n) is 1.44. The third-order valence-corrected chi connectivity index (χ3v) is 2.40. The lowest BCUT2D eigenvalue weighted by molar-refractivity contribution is -0.147. The first kappa shape index (κ1) is 15.2. The van der Waals surface area contributed by atoms with E-state index in [0.717, 1.165) is 10.5 Å². The van der Waals surface area contributed by atoms with Crippen LogP contribution in [0.4, 0.5) is 5.69 Å². The van der Waals surface area contributed by atoms with Crippen molar-refractivity contribution in [2.45, 2.75) is 6.92 Å². The van der Waals surface area contributed by atoms with E-state index in [1.165, 1.54) is 0 Å². The molecule has 0 heterocycles. The molecule has 0 unspecified atom stereocenters. The van der Waals surface area contributed by atoms with Gasteiger partial charge in [0, 0.05) is 5.69 Å². The van der Waals surface area contributed by atoms with Crippen LogP contribution in [0.5, 0.6) is 0 Å². The number of benzene rings is 1. The first-order valence-electron chi connectivity index (χ1n) is 5.76. The van der Waals surface area contributed by atoms with E-state index in [4.69, 9.17) is 11.5 Å². The zero-order valence-corrected chi connectivity index (χ0v) is 10.9. The van der Waals surface area contributed by atoms with Crippen LogP contribution >= 0.6 is 0 Å². The summed E-state index contributed by atoms with van der Waals surface area (Å²) >= 11 is 0. The Balaban J connectivity index is 2.73. The van der Waals surface area contributed by atoms with Gasteiger partial charge < -0.3 is 15.3 Å². The van der Waals surface area contributed by atoms with Gasteiger partial charge in [-0.2, -0.15) is 0 Å². The first-order chi connectivity index (χ1) is 9.43. The van der Waals surface area contributed by atoms with Crippen LogP contribution in [0.15, 0.2) is 24.3 Å². The molecule has 6 heteroatoms. The van der Waals surface area contributed by atoms with Crippen molar-refractivity contribution >= 4 is 23.5 Å². The number of rotatable bonds is 4. The monoisotopic (exact) mass is 274 g/mol. The summed E-state index contributed by atoms with van der Waals surface area (Å²) in [4.78, 5) is 34.9. The lowest BCUT2D eigenvalue weighted by atomic mass is 10.2. The molecule has 0 saturated heterocycles. The molecule has 104 valence electrons. The average Bonchev–Trinajstić information content (AvgIpc) is 2.39. The van der Waals surface area contributed by atoms with E-state index in [-0.39, 0.29) is 6.54 Å². The Kier molecular flexibility index (Phi) is 5.30. The molecular weight excluding hydrogens is 260 g/mol. The Labute approximate surface area is 116 Å². The summed E-state index contributed by atoms with van der Waals surface area (Å²) in [6, 6.07) is 6.83. The Hall–Kier alpha value is -2.81. The smallest absolute Gasteiger partial charge is 0.323 e. The first-order valence-corrected chi connectivity index (χ1v) is 5.76. The van der Waals surface area contributed by atoms with Gasteiger partial charge in [-0.15, -0.1) is 6.42 Å². The third-order valence-electron chi connectivity index (χ3n) is 2.40. The summed E-state index contributed by atoms with van der Waals surface area (Å²) < 4.78 is 0. The number of aryl methyl sites for hydroxylation is 1. The lowest BCUT2D eigenvalue weighted by Crippen LogP contribution is -2.42. The van der Waals surface area contributed by atoms with Crippen LogP contribution in [0.25, 0.3) is 0 Å². The molecule has 0 aliphatic carbocycles. The molecule has 1 aromatic carbocycles. The van der Waals surface area contributed by atoms with Gasteiger partial charge >= 0.3 is 17.8 Å². The van der Waals surface area contributed by atoms with Crippen molar-refractivity contribution < 1.29 is 19.5 Å². The third kappa shape index (κ3) is 4.46. The molecule has 20 heavy (non-hydrogen) atoms. The Morgan fingerprint density at radius 2 is 1.90 bits per heavy atom. The van der Waals surface area contributed by atoms with Crippen LogP contribution in [-0.2, 0) is 14.4 Å². The number of nitrogens with one attached hydrogen (secondary N) is 1. The lowest BCUT2D eigenvalue weighted by Gasteiger charge is -2.17. The Bertz CT molecular complexity index is 558. The van der Waals surface area contributed by atoms with Crippen LogP contribution in [0.1, 0.15) is 5.56 Å². The van der Waals surface area contributed by atoms with Crippen molar-refractivity contribution in [3.8, 4) is 12.3 Å². The van der Waals surface area contributed by atoms with Gasteiger partial charge in [0.25, 0.3) is 0 Å². The van der Waals surface area contributed by atoms with E-state index in [2.05, 4.69) is 11.2 Å². The molecule has 1 aromatic rings. The van der Waals surface area contributed by atoms with Crippen molar-refractivity contribution in [3.05, 3.63) is 29.8 Å². The highest BCUT2D eigenvalue weighted by Gasteiger charge is 2.23.